The van der Waals surface area contributed by atoms with Gasteiger partial charge in [0.2, 0.25) is 5.91 Å². The molecule has 0 rings (SSSR count). The fourth-order valence-corrected chi connectivity index (χ4v) is 1.37. The van der Waals surface area contributed by atoms with Crippen molar-refractivity contribution in [1.82, 2.24) is 4.90 Å². The summed E-state index contributed by atoms with van der Waals surface area (Å²) < 4.78 is 4.80. The molecule has 0 aliphatic heterocycles. The first-order chi connectivity index (χ1) is 7.82. The van der Waals surface area contributed by atoms with Crippen molar-refractivity contribution in [2.45, 2.75) is 34.1 Å². The molecule has 0 spiro atoms. The molecule has 0 saturated heterocycles. The first kappa shape index (κ1) is 15.9. The molecule has 0 radical (unpaired) electrons. The zero-order valence-electron chi connectivity index (χ0n) is 11.2. The molecule has 0 aromatic carbocycles. The Morgan fingerprint density at radius 2 is 1.82 bits per heavy atom. The summed E-state index contributed by atoms with van der Waals surface area (Å²) in [5.74, 6) is -0.395. The van der Waals surface area contributed by atoms with Gasteiger partial charge in [-0.15, -0.1) is 0 Å². The van der Waals surface area contributed by atoms with Crippen molar-refractivity contribution in [2.24, 2.45) is 5.41 Å². The molecule has 1 N–H and O–H groups in total. The van der Waals surface area contributed by atoms with Crippen LogP contribution in [0.1, 0.15) is 34.1 Å². The second-order valence-electron chi connectivity index (χ2n) is 4.82. The Hall–Kier alpha value is -1.10. The van der Waals surface area contributed by atoms with Crippen LogP contribution in [0.2, 0.25) is 0 Å². The van der Waals surface area contributed by atoms with Crippen LogP contribution in [0, 0.1) is 5.41 Å². The normalized spacial score (nSPS) is 11.1. The van der Waals surface area contributed by atoms with Crippen LogP contribution in [0.15, 0.2) is 0 Å². The van der Waals surface area contributed by atoms with Crippen LogP contribution in [0.25, 0.3) is 0 Å². The Kier molecular flexibility index (Phi) is 6.80. The van der Waals surface area contributed by atoms with Crippen LogP contribution in [0.4, 0.5) is 0 Å². The van der Waals surface area contributed by atoms with Gasteiger partial charge in [-0.1, -0.05) is 20.8 Å². The van der Waals surface area contributed by atoms with E-state index in [4.69, 9.17) is 9.84 Å². The predicted molar refractivity (Wildman–Crippen MR) is 64.4 cm³/mol. The second-order valence-corrected chi connectivity index (χ2v) is 4.82. The lowest BCUT2D eigenvalue weighted by Gasteiger charge is -2.28. The zero-order valence-corrected chi connectivity index (χ0v) is 11.2. The molecule has 0 atom stereocenters. The number of amides is 1. The molecule has 0 aromatic rings. The quantitative estimate of drug-likeness (QED) is 0.703. The molecule has 0 heterocycles. The van der Waals surface area contributed by atoms with Gasteiger partial charge in [0.25, 0.3) is 0 Å². The summed E-state index contributed by atoms with van der Waals surface area (Å²) in [6.45, 7) is 7.93. The van der Waals surface area contributed by atoms with Gasteiger partial charge in [-0.05, 0) is 6.92 Å². The maximum Gasteiger partial charge on any atom is 0.307 e. The van der Waals surface area contributed by atoms with Gasteiger partial charge in [-0.25, -0.2) is 0 Å². The molecule has 1 amide bonds. The fourth-order valence-electron chi connectivity index (χ4n) is 1.37. The highest BCUT2D eigenvalue weighted by Crippen LogP contribution is 2.17. The number of ether oxygens (including phenoxy) is 1. The van der Waals surface area contributed by atoms with Crippen molar-refractivity contribution < 1.29 is 19.4 Å². The van der Waals surface area contributed by atoms with Gasteiger partial charge >= 0.3 is 5.97 Å². The van der Waals surface area contributed by atoms with E-state index in [1.54, 1.807) is 6.92 Å². The number of nitrogens with zero attached hydrogens (tertiary/aromatic N) is 1. The van der Waals surface area contributed by atoms with Crippen LogP contribution < -0.4 is 0 Å². The van der Waals surface area contributed by atoms with Crippen LogP contribution in [0.5, 0.6) is 0 Å². The van der Waals surface area contributed by atoms with Crippen molar-refractivity contribution >= 4 is 11.9 Å². The molecule has 0 unspecified atom stereocenters. The van der Waals surface area contributed by atoms with Crippen LogP contribution in [-0.4, -0.2) is 48.2 Å². The topological polar surface area (TPSA) is 66.8 Å². The third-order valence-electron chi connectivity index (χ3n) is 2.19. The van der Waals surface area contributed by atoms with Gasteiger partial charge < -0.3 is 14.7 Å². The molecule has 0 aliphatic carbocycles. The van der Waals surface area contributed by atoms with E-state index in [0.717, 1.165) is 0 Å². The Bertz CT molecular complexity index is 258. The summed E-state index contributed by atoms with van der Waals surface area (Å²) in [5.41, 5.74) is -0.510. The third-order valence-corrected chi connectivity index (χ3v) is 2.19. The summed E-state index contributed by atoms with van der Waals surface area (Å²) in [6, 6.07) is 0. The first-order valence-electron chi connectivity index (χ1n) is 5.88. The van der Waals surface area contributed by atoms with E-state index in [1.165, 1.54) is 4.90 Å². The number of carbonyl (C=O) groups excluding carboxylic acids is 2. The SMILES string of the molecule is CCOC(=O)CCN(CCO)C(=O)C(C)(C)C. The van der Waals surface area contributed by atoms with E-state index >= 15 is 0 Å². The standard InChI is InChI=1S/C12H23NO4/c1-5-17-10(15)6-7-13(8-9-14)11(16)12(2,3)4/h14H,5-9H2,1-4H3. The van der Waals surface area contributed by atoms with Crippen molar-refractivity contribution in [3.8, 4) is 0 Å². The highest BCUT2D eigenvalue weighted by atomic mass is 16.5. The van der Waals surface area contributed by atoms with Gasteiger partial charge in [0.05, 0.1) is 19.6 Å². The van der Waals surface area contributed by atoms with Crippen molar-refractivity contribution in [1.29, 1.82) is 0 Å². The highest BCUT2D eigenvalue weighted by Gasteiger charge is 2.27. The van der Waals surface area contributed by atoms with Crippen LogP contribution in [-0.2, 0) is 14.3 Å². The van der Waals surface area contributed by atoms with Crippen molar-refractivity contribution in [2.75, 3.05) is 26.3 Å². The summed E-state index contributed by atoms with van der Waals surface area (Å²) in [6.07, 6.45) is 0.162. The van der Waals surface area contributed by atoms with Crippen molar-refractivity contribution in [3.05, 3.63) is 0 Å². The zero-order chi connectivity index (χ0) is 13.5. The molecule has 0 saturated carbocycles. The maximum atomic E-state index is 12.0. The number of aliphatic hydroxyl groups is 1. The lowest BCUT2D eigenvalue weighted by Crippen LogP contribution is -2.42. The van der Waals surface area contributed by atoms with Gasteiger partial charge in [0.1, 0.15) is 0 Å². The largest absolute Gasteiger partial charge is 0.466 e. The smallest absolute Gasteiger partial charge is 0.307 e. The van der Waals surface area contributed by atoms with Gasteiger partial charge in [0.15, 0.2) is 0 Å². The minimum atomic E-state index is -0.510. The van der Waals surface area contributed by atoms with Crippen molar-refractivity contribution in [3.63, 3.8) is 0 Å². The molecule has 0 bridgehead atoms. The van der Waals surface area contributed by atoms with Gasteiger partial charge in [-0.3, -0.25) is 9.59 Å². The molecule has 17 heavy (non-hydrogen) atoms. The Morgan fingerprint density at radius 3 is 2.24 bits per heavy atom. The Labute approximate surface area is 103 Å². The Morgan fingerprint density at radius 1 is 1.24 bits per heavy atom. The molecule has 5 heteroatoms. The Balaban J connectivity index is 4.34. The maximum absolute atomic E-state index is 12.0. The number of rotatable bonds is 6. The average Bonchev–Trinajstić information content (AvgIpc) is 2.22. The minimum absolute atomic E-state index is 0.0733. The summed E-state index contributed by atoms with van der Waals surface area (Å²) in [7, 11) is 0. The number of hydrogen-bond acceptors (Lipinski definition) is 4. The average molecular weight is 245 g/mol. The molecule has 0 aliphatic rings. The minimum Gasteiger partial charge on any atom is -0.466 e. The first-order valence-corrected chi connectivity index (χ1v) is 5.88. The number of hydrogen-bond donors (Lipinski definition) is 1. The molecule has 0 aromatic heterocycles. The molecule has 100 valence electrons. The summed E-state index contributed by atoms with van der Waals surface area (Å²) in [5, 5.41) is 8.91. The molecule has 5 nitrogen and oxygen atoms in total. The van der Waals surface area contributed by atoms with E-state index in [9.17, 15) is 9.59 Å². The van der Waals surface area contributed by atoms with Gasteiger partial charge in [-0.2, -0.15) is 0 Å². The molecular formula is C12H23NO4. The van der Waals surface area contributed by atoms with E-state index in [-0.39, 0.29) is 38.0 Å². The summed E-state index contributed by atoms with van der Waals surface area (Å²) >= 11 is 0. The van der Waals surface area contributed by atoms with Gasteiger partial charge in [0, 0.05) is 18.5 Å². The van der Waals surface area contributed by atoms with Crippen LogP contribution in [0.3, 0.4) is 0 Å². The second kappa shape index (κ2) is 7.27. The van der Waals surface area contributed by atoms with E-state index in [2.05, 4.69) is 0 Å². The lowest BCUT2D eigenvalue weighted by atomic mass is 9.94. The van der Waals surface area contributed by atoms with E-state index in [0.29, 0.717) is 6.61 Å². The predicted octanol–water partition coefficient (Wildman–Crippen LogP) is 0.807. The monoisotopic (exact) mass is 245 g/mol. The lowest BCUT2D eigenvalue weighted by molar-refractivity contribution is -0.145. The summed E-state index contributed by atoms with van der Waals surface area (Å²) in [4.78, 5) is 24.7. The highest BCUT2D eigenvalue weighted by molar-refractivity contribution is 5.82. The molecule has 0 fully saturated rings. The van der Waals surface area contributed by atoms with E-state index in [1.807, 2.05) is 20.8 Å². The number of esters is 1. The molecular weight excluding hydrogens is 222 g/mol. The fraction of sp³-hybridized carbons (Fsp3) is 0.833. The van der Waals surface area contributed by atoms with E-state index < -0.39 is 5.41 Å². The third kappa shape index (κ3) is 6.26. The van der Waals surface area contributed by atoms with Crippen LogP contribution >= 0.6 is 0 Å². The number of carbonyl (C=O) groups is 2. The number of aliphatic hydroxyl groups excluding tert-OH is 1.